The van der Waals surface area contributed by atoms with Crippen LogP contribution >= 0.6 is 11.6 Å². The Morgan fingerprint density at radius 1 is 1.47 bits per heavy atom. The molecule has 2 nitrogen and oxygen atoms in total. The number of rotatable bonds is 3. The molecule has 0 bridgehead atoms. The van der Waals surface area contributed by atoms with E-state index in [9.17, 15) is 5.11 Å². The number of nitrogens with zero attached hydrogens (tertiary/aromatic N) is 1. The zero-order valence-electron chi connectivity index (χ0n) is 8.02. The van der Waals surface area contributed by atoms with Gasteiger partial charge in [-0.15, -0.1) is 0 Å². The molecule has 0 radical (unpaired) electrons. The first-order valence-electron chi connectivity index (χ1n) is 4.35. The fraction of sp³-hybridized carbons (Fsp3) is 0.0833. The van der Waals surface area contributed by atoms with Crippen LogP contribution in [0.4, 0.5) is 0 Å². The number of hydrogen-bond donors (Lipinski definition) is 1. The maximum absolute atomic E-state index is 9.47. The molecule has 15 heavy (non-hydrogen) atoms. The number of hydrogen-bond acceptors (Lipinski definition) is 2. The summed E-state index contributed by atoms with van der Waals surface area (Å²) in [7, 11) is 0. The summed E-state index contributed by atoms with van der Waals surface area (Å²) >= 11 is 5.95. The Balaban J connectivity index is 2.86. The standard InChI is InChI=1S/C12H10ClNO/c1-9(8-14)12(15)7-11(13)10-5-3-2-4-6-10/h2-7,12,15H,1H2/b11-7-. The van der Waals surface area contributed by atoms with Crippen molar-refractivity contribution in [1.82, 2.24) is 0 Å². The van der Waals surface area contributed by atoms with Gasteiger partial charge in [0.2, 0.25) is 0 Å². The second kappa shape index (κ2) is 5.35. The van der Waals surface area contributed by atoms with Gasteiger partial charge in [0.15, 0.2) is 0 Å². The zero-order valence-corrected chi connectivity index (χ0v) is 8.78. The van der Waals surface area contributed by atoms with E-state index in [0.29, 0.717) is 5.03 Å². The van der Waals surface area contributed by atoms with Gasteiger partial charge in [0.1, 0.15) is 6.10 Å². The molecule has 0 amide bonds. The molecular weight excluding hydrogens is 210 g/mol. The van der Waals surface area contributed by atoms with Crippen molar-refractivity contribution >= 4 is 16.6 Å². The molecule has 0 aliphatic rings. The lowest BCUT2D eigenvalue weighted by molar-refractivity contribution is 0.265. The predicted molar refractivity (Wildman–Crippen MR) is 61.0 cm³/mol. The van der Waals surface area contributed by atoms with E-state index in [1.165, 1.54) is 6.08 Å². The van der Waals surface area contributed by atoms with Gasteiger partial charge in [-0.3, -0.25) is 0 Å². The normalized spacial score (nSPS) is 13.0. The summed E-state index contributed by atoms with van der Waals surface area (Å²) in [6, 6.07) is 11.0. The van der Waals surface area contributed by atoms with Crippen LogP contribution in [0.25, 0.3) is 5.03 Å². The van der Waals surface area contributed by atoms with Crippen LogP contribution in [0.5, 0.6) is 0 Å². The second-order valence-electron chi connectivity index (χ2n) is 2.96. The molecule has 3 heteroatoms. The molecule has 1 aromatic carbocycles. The molecule has 0 fully saturated rings. The third-order valence-electron chi connectivity index (χ3n) is 1.85. The topological polar surface area (TPSA) is 44.0 Å². The lowest BCUT2D eigenvalue weighted by atomic mass is 10.1. The Hall–Kier alpha value is -1.56. The van der Waals surface area contributed by atoms with Crippen molar-refractivity contribution in [3.63, 3.8) is 0 Å². The molecule has 0 heterocycles. The van der Waals surface area contributed by atoms with Crippen molar-refractivity contribution in [3.8, 4) is 6.07 Å². The highest BCUT2D eigenvalue weighted by molar-refractivity contribution is 6.48. The summed E-state index contributed by atoms with van der Waals surface area (Å²) in [5, 5.41) is 18.4. The lowest BCUT2D eigenvalue weighted by Gasteiger charge is -2.04. The maximum Gasteiger partial charge on any atom is 0.108 e. The van der Waals surface area contributed by atoms with E-state index in [-0.39, 0.29) is 5.57 Å². The summed E-state index contributed by atoms with van der Waals surface area (Å²) < 4.78 is 0. The highest BCUT2D eigenvalue weighted by Gasteiger charge is 2.06. The molecule has 0 spiro atoms. The van der Waals surface area contributed by atoms with Crippen LogP contribution in [0, 0.1) is 11.3 Å². The van der Waals surface area contributed by atoms with E-state index in [2.05, 4.69) is 6.58 Å². The summed E-state index contributed by atoms with van der Waals surface area (Å²) in [6.07, 6.45) is 0.366. The molecule has 0 aromatic heterocycles. The average Bonchev–Trinajstić information content (AvgIpc) is 2.29. The van der Waals surface area contributed by atoms with Gasteiger partial charge in [-0.25, -0.2) is 0 Å². The van der Waals surface area contributed by atoms with Gasteiger partial charge in [0.25, 0.3) is 0 Å². The molecule has 0 saturated carbocycles. The highest BCUT2D eigenvalue weighted by Crippen LogP contribution is 2.19. The molecule has 1 unspecified atom stereocenters. The highest BCUT2D eigenvalue weighted by atomic mass is 35.5. The summed E-state index contributed by atoms with van der Waals surface area (Å²) in [6.45, 7) is 3.41. The quantitative estimate of drug-likeness (QED) is 0.795. The SMILES string of the molecule is C=C(C#N)C(O)/C=C(\Cl)c1ccccc1. The smallest absolute Gasteiger partial charge is 0.108 e. The minimum atomic E-state index is -1.03. The largest absolute Gasteiger partial charge is 0.383 e. The van der Waals surface area contributed by atoms with Gasteiger partial charge in [-0.05, 0) is 11.6 Å². The predicted octanol–water partition coefficient (Wildman–Crippen LogP) is 2.71. The number of halogens is 1. The third kappa shape index (κ3) is 3.25. The Kier molecular flexibility index (Phi) is 4.11. The van der Waals surface area contributed by atoms with Crippen molar-refractivity contribution in [2.75, 3.05) is 0 Å². The van der Waals surface area contributed by atoms with Gasteiger partial charge in [0.05, 0.1) is 11.6 Å². The molecule has 0 aliphatic carbocycles. The van der Waals surface area contributed by atoms with Crippen LogP contribution in [-0.2, 0) is 0 Å². The lowest BCUT2D eigenvalue weighted by Crippen LogP contribution is -2.04. The molecule has 1 rings (SSSR count). The average molecular weight is 220 g/mol. The Morgan fingerprint density at radius 2 is 2.07 bits per heavy atom. The van der Waals surface area contributed by atoms with Crippen LogP contribution in [0.3, 0.4) is 0 Å². The van der Waals surface area contributed by atoms with Gasteiger partial charge >= 0.3 is 0 Å². The maximum atomic E-state index is 9.47. The van der Waals surface area contributed by atoms with Crippen LogP contribution < -0.4 is 0 Å². The number of aliphatic hydroxyl groups is 1. The van der Waals surface area contributed by atoms with Crippen molar-refractivity contribution in [2.45, 2.75) is 6.10 Å². The van der Waals surface area contributed by atoms with Crippen molar-refractivity contribution in [3.05, 3.63) is 54.1 Å². The third-order valence-corrected chi connectivity index (χ3v) is 2.20. The fourth-order valence-corrected chi connectivity index (χ4v) is 1.24. The zero-order chi connectivity index (χ0) is 11.3. The van der Waals surface area contributed by atoms with Crippen LogP contribution in [-0.4, -0.2) is 11.2 Å². The van der Waals surface area contributed by atoms with Crippen LogP contribution in [0.1, 0.15) is 5.56 Å². The number of nitriles is 1. The molecule has 1 atom stereocenters. The van der Waals surface area contributed by atoms with E-state index >= 15 is 0 Å². The Bertz CT molecular complexity index is 417. The van der Waals surface area contributed by atoms with Crippen LogP contribution in [0.2, 0.25) is 0 Å². The monoisotopic (exact) mass is 219 g/mol. The van der Waals surface area contributed by atoms with Crippen LogP contribution in [0.15, 0.2) is 48.6 Å². The molecular formula is C12H10ClNO. The van der Waals surface area contributed by atoms with Gasteiger partial charge in [-0.2, -0.15) is 5.26 Å². The Morgan fingerprint density at radius 3 is 2.60 bits per heavy atom. The molecule has 1 N–H and O–H groups in total. The first-order valence-corrected chi connectivity index (χ1v) is 4.72. The van der Waals surface area contributed by atoms with E-state index in [1.807, 2.05) is 30.3 Å². The van der Waals surface area contributed by atoms with Gasteiger partial charge < -0.3 is 5.11 Å². The molecule has 1 aromatic rings. The summed E-state index contributed by atoms with van der Waals surface area (Å²) in [5.74, 6) is 0. The first-order chi connectivity index (χ1) is 7.15. The molecule has 76 valence electrons. The molecule has 0 aliphatic heterocycles. The minimum absolute atomic E-state index is 0.0732. The summed E-state index contributed by atoms with van der Waals surface area (Å²) in [4.78, 5) is 0. The Labute approximate surface area is 93.7 Å². The van der Waals surface area contributed by atoms with Crippen molar-refractivity contribution in [1.29, 1.82) is 5.26 Å². The van der Waals surface area contributed by atoms with Crippen molar-refractivity contribution < 1.29 is 5.11 Å². The molecule has 0 saturated heterocycles. The minimum Gasteiger partial charge on any atom is -0.383 e. The van der Waals surface area contributed by atoms with E-state index in [0.717, 1.165) is 5.56 Å². The van der Waals surface area contributed by atoms with Gasteiger partial charge in [0, 0.05) is 5.03 Å². The summed E-state index contributed by atoms with van der Waals surface area (Å²) in [5.41, 5.74) is 0.869. The second-order valence-corrected chi connectivity index (χ2v) is 3.37. The fourth-order valence-electron chi connectivity index (χ4n) is 0.999. The van der Waals surface area contributed by atoms with E-state index in [4.69, 9.17) is 16.9 Å². The first kappa shape index (κ1) is 11.5. The van der Waals surface area contributed by atoms with Gasteiger partial charge in [-0.1, -0.05) is 48.5 Å². The van der Waals surface area contributed by atoms with E-state index in [1.54, 1.807) is 6.07 Å². The number of benzene rings is 1. The van der Waals surface area contributed by atoms with Crippen molar-refractivity contribution in [2.24, 2.45) is 0 Å². The number of aliphatic hydroxyl groups excluding tert-OH is 1. The van der Waals surface area contributed by atoms with E-state index < -0.39 is 6.10 Å².